The molecule has 4 nitrogen and oxygen atoms in total. The Hall–Kier alpha value is -2.95. The number of hydrogen-bond donors (Lipinski definition) is 1. The fraction of sp³-hybridized carbons (Fsp3) is 0.238. The summed E-state index contributed by atoms with van der Waals surface area (Å²) in [5.41, 5.74) is 5.87. The van der Waals surface area contributed by atoms with Crippen LogP contribution in [0.25, 0.3) is 16.5 Å². The summed E-state index contributed by atoms with van der Waals surface area (Å²) in [5, 5.41) is 1.09. The van der Waals surface area contributed by atoms with Crippen LogP contribution in [0, 0.1) is 19.7 Å². The number of H-pyrrole nitrogens is 1. The summed E-state index contributed by atoms with van der Waals surface area (Å²) >= 11 is 0. The molecule has 0 aliphatic carbocycles. The highest BCUT2D eigenvalue weighted by Crippen LogP contribution is 2.25. The molecule has 0 atom stereocenters. The smallest absolute Gasteiger partial charge is 0.254 e. The molecule has 0 unspecified atom stereocenters. The Morgan fingerprint density at radius 2 is 2.08 bits per heavy atom. The highest BCUT2D eigenvalue weighted by Gasteiger charge is 2.20. The molecule has 0 spiro atoms. The second-order valence-electron chi connectivity index (χ2n) is 6.76. The topological polar surface area (TPSA) is 49.0 Å². The van der Waals surface area contributed by atoms with Gasteiger partial charge in [0.25, 0.3) is 5.91 Å². The van der Waals surface area contributed by atoms with Gasteiger partial charge in [-0.05, 0) is 61.2 Å². The Bertz CT molecular complexity index is 1030. The fourth-order valence-electron chi connectivity index (χ4n) is 3.48. The van der Waals surface area contributed by atoms with E-state index in [0.29, 0.717) is 25.1 Å². The Kier molecular flexibility index (Phi) is 4.07. The normalized spacial score (nSPS) is 14.6. The van der Waals surface area contributed by atoms with Gasteiger partial charge in [0.05, 0.1) is 6.20 Å². The lowest BCUT2D eigenvalue weighted by Gasteiger charge is -2.26. The molecule has 0 bridgehead atoms. The summed E-state index contributed by atoms with van der Waals surface area (Å²) in [7, 11) is 0. The van der Waals surface area contributed by atoms with Crippen molar-refractivity contribution >= 4 is 22.4 Å². The van der Waals surface area contributed by atoms with E-state index in [1.165, 1.54) is 17.8 Å². The monoisotopic (exact) mass is 349 g/mol. The van der Waals surface area contributed by atoms with Crippen LogP contribution in [-0.4, -0.2) is 33.9 Å². The second kappa shape index (κ2) is 6.41. The van der Waals surface area contributed by atoms with Gasteiger partial charge in [-0.1, -0.05) is 6.08 Å². The van der Waals surface area contributed by atoms with E-state index in [-0.39, 0.29) is 11.7 Å². The Labute approximate surface area is 151 Å². The number of rotatable bonds is 2. The van der Waals surface area contributed by atoms with Crippen molar-refractivity contribution in [3.8, 4) is 0 Å². The lowest BCUT2D eigenvalue weighted by atomic mass is 10.00. The van der Waals surface area contributed by atoms with Gasteiger partial charge in [-0.3, -0.25) is 9.78 Å². The number of nitrogens with one attached hydrogen (secondary N) is 1. The van der Waals surface area contributed by atoms with Gasteiger partial charge in [0.1, 0.15) is 5.82 Å². The van der Waals surface area contributed by atoms with E-state index in [9.17, 15) is 9.18 Å². The Morgan fingerprint density at radius 3 is 2.81 bits per heavy atom. The van der Waals surface area contributed by atoms with Crippen molar-refractivity contribution in [1.29, 1.82) is 0 Å². The second-order valence-corrected chi connectivity index (χ2v) is 6.76. The lowest BCUT2D eigenvalue weighted by molar-refractivity contribution is 0.0773. The molecule has 5 heteroatoms. The van der Waals surface area contributed by atoms with Gasteiger partial charge in [0.15, 0.2) is 0 Å². The third-order valence-electron chi connectivity index (χ3n) is 5.13. The number of carbonyl (C=O) groups is 1. The molecule has 2 aromatic heterocycles. The van der Waals surface area contributed by atoms with E-state index in [1.54, 1.807) is 6.20 Å². The summed E-state index contributed by atoms with van der Waals surface area (Å²) in [6.45, 7) is 5.23. The van der Waals surface area contributed by atoms with Crippen LogP contribution < -0.4 is 0 Å². The van der Waals surface area contributed by atoms with E-state index < -0.39 is 0 Å². The van der Waals surface area contributed by atoms with Crippen molar-refractivity contribution in [3.05, 3.63) is 70.9 Å². The summed E-state index contributed by atoms with van der Waals surface area (Å²) in [4.78, 5) is 21.9. The first-order chi connectivity index (χ1) is 12.5. The first-order valence-electron chi connectivity index (χ1n) is 8.71. The van der Waals surface area contributed by atoms with Gasteiger partial charge in [0.2, 0.25) is 0 Å². The van der Waals surface area contributed by atoms with Crippen LogP contribution in [0.1, 0.15) is 33.6 Å². The van der Waals surface area contributed by atoms with E-state index in [1.807, 2.05) is 36.1 Å². The van der Waals surface area contributed by atoms with Crippen LogP contribution in [0.4, 0.5) is 4.39 Å². The predicted molar refractivity (Wildman–Crippen MR) is 100 cm³/mol. The summed E-state index contributed by atoms with van der Waals surface area (Å²) in [6.07, 6.45) is 5.55. The van der Waals surface area contributed by atoms with E-state index in [2.05, 4.69) is 16.9 Å². The average Bonchev–Trinajstić information content (AvgIpc) is 2.95. The summed E-state index contributed by atoms with van der Waals surface area (Å²) in [5.74, 6) is -0.315. The number of hydrogen-bond acceptors (Lipinski definition) is 2. The molecule has 1 aliphatic heterocycles. The largest absolute Gasteiger partial charge is 0.358 e. The minimum absolute atomic E-state index is 0.0258. The molecule has 1 N–H and O–H groups in total. The van der Waals surface area contributed by atoms with E-state index >= 15 is 0 Å². The molecule has 26 heavy (non-hydrogen) atoms. The minimum atomic E-state index is -0.340. The van der Waals surface area contributed by atoms with Crippen LogP contribution in [0.15, 0.2) is 42.7 Å². The Morgan fingerprint density at radius 1 is 1.23 bits per heavy atom. The van der Waals surface area contributed by atoms with Crippen molar-refractivity contribution in [2.75, 3.05) is 13.1 Å². The van der Waals surface area contributed by atoms with Gasteiger partial charge in [-0.2, -0.15) is 0 Å². The van der Waals surface area contributed by atoms with Crippen molar-refractivity contribution in [3.63, 3.8) is 0 Å². The van der Waals surface area contributed by atoms with Crippen molar-refractivity contribution < 1.29 is 9.18 Å². The third kappa shape index (κ3) is 2.90. The summed E-state index contributed by atoms with van der Waals surface area (Å²) < 4.78 is 13.4. The van der Waals surface area contributed by atoms with E-state index in [4.69, 9.17) is 0 Å². The molecule has 0 saturated carbocycles. The molecular formula is C21H20FN3O. The summed E-state index contributed by atoms with van der Waals surface area (Å²) in [6, 6.07) is 7.29. The zero-order valence-corrected chi connectivity index (χ0v) is 14.8. The maximum Gasteiger partial charge on any atom is 0.254 e. The number of aromatic nitrogens is 2. The number of benzene rings is 1. The van der Waals surface area contributed by atoms with Crippen LogP contribution in [0.2, 0.25) is 0 Å². The number of halogens is 1. The number of fused-ring (bicyclic) bond motifs is 1. The first-order valence-corrected chi connectivity index (χ1v) is 8.71. The minimum Gasteiger partial charge on any atom is -0.358 e. The zero-order chi connectivity index (χ0) is 18.3. The molecular weight excluding hydrogens is 329 g/mol. The average molecular weight is 349 g/mol. The highest BCUT2D eigenvalue weighted by atomic mass is 19.1. The van der Waals surface area contributed by atoms with Gasteiger partial charge in [-0.25, -0.2) is 4.39 Å². The quantitative estimate of drug-likeness (QED) is 0.752. The molecule has 1 aromatic carbocycles. The predicted octanol–water partition coefficient (Wildman–Crippen LogP) is 4.25. The van der Waals surface area contributed by atoms with Gasteiger partial charge in [-0.15, -0.1) is 0 Å². The van der Waals surface area contributed by atoms with Crippen molar-refractivity contribution in [2.24, 2.45) is 0 Å². The third-order valence-corrected chi connectivity index (χ3v) is 5.13. The molecule has 3 heterocycles. The van der Waals surface area contributed by atoms with Gasteiger partial charge >= 0.3 is 0 Å². The zero-order valence-electron chi connectivity index (χ0n) is 14.8. The van der Waals surface area contributed by atoms with Crippen molar-refractivity contribution in [1.82, 2.24) is 14.9 Å². The fourth-order valence-corrected chi connectivity index (χ4v) is 3.48. The number of aryl methyl sites for hydroxylation is 2. The standard InChI is InChI=1S/C21H20FN3O/c1-13-14(2)24-20-4-3-16(10-19(13)20)21(26)25-7-5-15(6-8-25)17-9-18(22)12-23-11-17/h3-5,9-12,24H,6-8H2,1-2H3. The van der Waals surface area contributed by atoms with Crippen LogP contribution in [-0.2, 0) is 0 Å². The van der Waals surface area contributed by atoms with Gasteiger partial charge < -0.3 is 9.88 Å². The molecule has 1 amide bonds. The van der Waals surface area contributed by atoms with Crippen molar-refractivity contribution in [2.45, 2.75) is 20.3 Å². The number of carbonyl (C=O) groups excluding carboxylic acids is 1. The van der Waals surface area contributed by atoms with Crippen LogP contribution >= 0.6 is 0 Å². The Balaban J connectivity index is 1.55. The first kappa shape index (κ1) is 16.5. The van der Waals surface area contributed by atoms with Gasteiger partial charge in [0, 0.05) is 41.4 Å². The SMILES string of the molecule is Cc1[nH]c2ccc(C(=O)N3CC=C(c4cncc(F)c4)CC3)cc2c1C. The lowest BCUT2D eigenvalue weighted by Crippen LogP contribution is -2.34. The molecule has 132 valence electrons. The highest BCUT2D eigenvalue weighted by molar-refractivity contribution is 5.99. The molecule has 0 fully saturated rings. The maximum atomic E-state index is 13.4. The molecule has 3 aromatic rings. The van der Waals surface area contributed by atoms with Crippen LogP contribution in [0.5, 0.6) is 0 Å². The number of pyridine rings is 1. The maximum absolute atomic E-state index is 13.4. The molecule has 1 aliphatic rings. The number of nitrogens with zero attached hydrogens (tertiary/aromatic N) is 2. The number of aromatic amines is 1. The van der Waals surface area contributed by atoms with Crippen LogP contribution in [0.3, 0.4) is 0 Å². The molecule has 0 radical (unpaired) electrons. The van der Waals surface area contributed by atoms with E-state index in [0.717, 1.165) is 27.7 Å². The molecule has 4 rings (SSSR count). The molecule has 0 saturated heterocycles. The number of amides is 1.